The number of ketones is 2. The summed E-state index contributed by atoms with van der Waals surface area (Å²) in [6.45, 7) is 3.66. The van der Waals surface area contributed by atoms with Gasteiger partial charge in [0.25, 0.3) is 5.91 Å². The summed E-state index contributed by atoms with van der Waals surface area (Å²) in [5, 5.41) is 6.52. The first-order valence-electron chi connectivity index (χ1n) is 12.9. The molecule has 1 heterocycles. The Morgan fingerprint density at radius 2 is 1.66 bits per heavy atom. The van der Waals surface area contributed by atoms with Crippen LogP contribution in [0, 0.1) is 13.8 Å². The monoisotopic (exact) mass is 534 g/mol. The molecule has 8 heteroatoms. The van der Waals surface area contributed by atoms with E-state index < -0.39 is 5.92 Å². The highest BCUT2D eigenvalue weighted by Crippen LogP contribution is 2.48. The molecule has 3 aliphatic rings. The van der Waals surface area contributed by atoms with Crippen LogP contribution < -0.4 is 20.1 Å². The van der Waals surface area contributed by atoms with Crippen molar-refractivity contribution in [1.29, 1.82) is 0 Å². The fraction of sp³-hybridized carbons (Fsp3) is 0.367. The number of hydrogen-bond donors (Lipinski definition) is 2. The highest BCUT2D eigenvalue weighted by Gasteiger charge is 2.40. The molecule has 38 heavy (non-hydrogen) atoms. The molecule has 0 spiro atoms. The summed E-state index contributed by atoms with van der Waals surface area (Å²) in [5.74, 6) is -0.172. The molecule has 2 aromatic rings. The van der Waals surface area contributed by atoms with Crippen LogP contribution in [0.25, 0.3) is 0 Å². The third kappa shape index (κ3) is 4.95. The van der Waals surface area contributed by atoms with Crippen molar-refractivity contribution < 1.29 is 23.9 Å². The number of carbonyl (C=O) groups excluding carboxylic acids is 3. The molecule has 0 saturated carbocycles. The number of carbonyl (C=O) groups is 3. The van der Waals surface area contributed by atoms with Crippen LogP contribution >= 0.6 is 11.6 Å². The topological polar surface area (TPSA) is 93.7 Å². The zero-order valence-electron chi connectivity index (χ0n) is 21.8. The fourth-order valence-corrected chi connectivity index (χ4v) is 5.91. The molecule has 1 amide bonds. The molecule has 2 aromatic carbocycles. The van der Waals surface area contributed by atoms with Crippen molar-refractivity contribution in [2.24, 2.45) is 0 Å². The minimum Gasteiger partial charge on any atom is -0.493 e. The molecule has 7 nitrogen and oxygen atoms in total. The molecule has 198 valence electrons. The van der Waals surface area contributed by atoms with Gasteiger partial charge in [0.1, 0.15) is 0 Å². The standard InChI is InChI=1S/C30H31ClN2O5/c1-16-10-11-20(17(2)12-16)33-26(36)15-38-30-19(31)13-18(14-25(30)37-3)27-28-21(6-4-8-23(28)34)32-22-7-5-9-24(35)29(22)27/h10-14,27,32H,4-9,15H2,1-3H3,(H,33,36). The molecule has 2 aliphatic carbocycles. The lowest BCUT2D eigenvalue weighted by Gasteiger charge is -2.37. The van der Waals surface area contributed by atoms with Crippen LogP contribution in [-0.2, 0) is 14.4 Å². The summed E-state index contributed by atoms with van der Waals surface area (Å²) >= 11 is 6.69. The van der Waals surface area contributed by atoms with Gasteiger partial charge in [0.2, 0.25) is 0 Å². The number of allylic oxidation sites excluding steroid dienone is 4. The molecule has 0 atom stereocenters. The second-order valence-electron chi connectivity index (χ2n) is 10.1. The predicted molar refractivity (Wildman–Crippen MR) is 146 cm³/mol. The number of aryl methyl sites for hydroxylation is 2. The van der Waals surface area contributed by atoms with Crippen LogP contribution in [0.4, 0.5) is 5.69 Å². The van der Waals surface area contributed by atoms with E-state index in [1.54, 1.807) is 12.1 Å². The maximum atomic E-state index is 13.1. The molecule has 0 radical (unpaired) electrons. The van der Waals surface area contributed by atoms with Gasteiger partial charge in [-0.1, -0.05) is 29.3 Å². The van der Waals surface area contributed by atoms with Gasteiger partial charge in [-0.25, -0.2) is 0 Å². The number of rotatable bonds is 6. The van der Waals surface area contributed by atoms with Gasteiger partial charge in [-0.15, -0.1) is 0 Å². The van der Waals surface area contributed by atoms with Gasteiger partial charge in [0, 0.05) is 47.0 Å². The van der Waals surface area contributed by atoms with Crippen molar-refractivity contribution in [1.82, 2.24) is 5.32 Å². The van der Waals surface area contributed by atoms with E-state index >= 15 is 0 Å². The minimum absolute atomic E-state index is 0.0483. The van der Waals surface area contributed by atoms with Crippen LogP contribution in [0.3, 0.4) is 0 Å². The first kappa shape index (κ1) is 26.0. The summed E-state index contributed by atoms with van der Waals surface area (Å²) in [4.78, 5) is 38.8. The van der Waals surface area contributed by atoms with E-state index in [2.05, 4.69) is 10.6 Å². The zero-order chi connectivity index (χ0) is 27.0. The Labute approximate surface area is 227 Å². The Bertz CT molecular complexity index is 1370. The van der Waals surface area contributed by atoms with E-state index in [0.29, 0.717) is 41.0 Å². The van der Waals surface area contributed by atoms with E-state index in [0.717, 1.165) is 48.2 Å². The van der Waals surface area contributed by atoms with Crippen LogP contribution in [0.2, 0.25) is 5.02 Å². The number of Topliss-reactive ketones (excluding diaryl/α,β-unsaturated/α-hetero) is 2. The van der Waals surface area contributed by atoms with Gasteiger partial charge in [-0.05, 0) is 68.9 Å². The lowest BCUT2D eigenvalue weighted by molar-refractivity contribution is -0.118. The molecular formula is C30H31ClN2O5. The highest BCUT2D eigenvalue weighted by molar-refractivity contribution is 6.32. The first-order chi connectivity index (χ1) is 18.3. The first-order valence-corrected chi connectivity index (χ1v) is 13.3. The maximum absolute atomic E-state index is 13.1. The number of ether oxygens (including phenoxy) is 2. The molecule has 0 unspecified atom stereocenters. The third-order valence-corrected chi connectivity index (χ3v) is 7.66. The third-order valence-electron chi connectivity index (χ3n) is 7.38. The molecule has 2 N–H and O–H groups in total. The Morgan fingerprint density at radius 1 is 1.00 bits per heavy atom. The molecule has 0 aromatic heterocycles. The lowest BCUT2D eigenvalue weighted by Crippen LogP contribution is -2.36. The van der Waals surface area contributed by atoms with Crippen molar-refractivity contribution in [3.05, 3.63) is 74.6 Å². The van der Waals surface area contributed by atoms with Crippen LogP contribution in [0.15, 0.2) is 52.9 Å². The number of dihydropyridines is 1. The SMILES string of the molecule is COc1cc(C2C3=C(CCCC3=O)NC3=C2C(=O)CCC3)cc(Cl)c1OCC(=O)Nc1ccc(C)cc1C. The second kappa shape index (κ2) is 10.7. The lowest BCUT2D eigenvalue weighted by atomic mass is 9.71. The molecule has 0 fully saturated rings. The van der Waals surface area contributed by atoms with Crippen LogP contribution in [-0.4, -0.2) is 31.2 Å². The number of methoxy groups -OCH3 is 1. The Balaban J connectivity index is 1.44. The van der Waals surface area contributed by atoms with E-state index in [-0.39, 0.29) is 34.9 Å². The van der Waals surface area contributed by atoms with Crippen molar-refractivity contribution in [3.63, 3.8) is 0 Å². The normalized spacial score (nSPS) is 17.6. The number of anilines is 1. The number of benzene rings is 2. The highest BCUT2D eigenvalue weighted by atomic mass is 35.5. The molecule has 0 saturated heterocycles. The van der Waals surface area contributed by atoms with Crippen molar-refractivity contribution in [3.8, 4) is 11.5 Å². The Morgan fingerprint density at radius 3 is 2.26 bits per heavy atom. The summed E-state index contributed by atoms with van der Waals surface area (Å²) in [6, 6.07) is 9.26. The van der Waals surface area contributed by atoms with Crippen molar-refractivity contribution in [2.75, 3.05) is 19.0 Å². The molecule has 1 aliphatic heterocycles. The summed E-state index contributed by atoms with van der Waals surface area (Å²) in [5.41, 5.74) is 6.57. The average Bonchev–Trinajstić information content (AvgIpc) is 2.88. The van der Waals surface area contributed by atoms with Crippen LogP contribution in [0.1, 0.15) is 61.1 Å². The average molecular weight is 535 g/mol. The minimum atomic E-state index is -0.505. The largest absolute Gasteiger partial charge is 0.493 e. The summed E-state index contributed by atoms with van der Waals surface area (Å²) in [7, 11) is 1.49. The number of nitrogens with one attached hydrogen (secondary N) is 2. The van der Waals surface area contributed by atoms with Crippen molar-refractivity contribution in [2.45, 2.75) is 58.3 Å². The van der Waals surface area contributed by atoms with E-state index in [1.807, 2.05) is 32.0 Å². The van der Waals surface area contributed by atoms with Crippen molar-refractivity contribution >= 4 is 34.8 Å². The molecule has 5 rings (SSSR count). The molecular weight excluding hydrogens is 504 g/mol. The molecule has 0 bridgehead atoms. The summed E-state index contributed by atoms with van der Waals surface area (Å²) < 4.78 is 11.4. The number of amides is 1. The van der Waals surface area contributed by atoms with Gasteiger partial charge in [0.15, 0.2) is 29.7 Å². The predicted octanol–water partition coefficient (Wildman–Crippen LogP) is 5.68. The quantitative estimate of drug-likeness (QED) is 0.495. The summed E-state index contributed by atoms with van der Waals surface area (Å²) in [6.07, 6.45) is 4.02. The van der Waals surface area contributed by atoms with E-state index in [1.165, 1.54) is 7.11 Å². The second-order valence-corrected chi connectivity index (χ2v) is 10.5. The van der Waals surface area contributed by atoms with Gasteiger partial charge in [-0.2, -0.15) is 0 Å². The van der Waals surface area contributed by atoms with Gasteiger partial charge < -0.3 is 20.1 Å². The van der Waals surface area contributed by atoms with Crippen LogP contribution in [0.5, 0.6) is 11.5 Å². The smallest absolute Gasteiger partial charge is 0.262 e. The van der Waals surface area contributed by atoms with E-state index in [4.69, 9.17) is 21.1 Å². The number of halogens is 1. The Kier molecular flexibility index (Phi) is 7.30. The van der Waals surface area contributed by atoms with Gasteiger partial charge >= 0.3 is 0 Å². The van der Waals surface area contributed by atoms with Gasteiger partial charge in [0.05, 0.1) is 12.1 Å². The number of hydrogen-bond acceptors (Lipinski definition) is 6. The maximum Gasteiger partial charge on any atom is 0.262 e. The van der Waals surface area contributed by atoms with E-state index in [9.17, 15) is 14.4 Å². The zero-order valence-corrected chi connectivity index (χ0v) is 22.6. The van der Waals surface area contributed by atoms with Gasteiger partial charge in [-0.3, -0.25) is 14.4 Å². The fourth-order valence-electron chi connectivity index (χ4n) is 5.64. The Hall–Kier alpha value is -3.58.